The van der Waals surface area contributed by atoms with Gasteiger partial charge in [-0.05, 0) is 61.8 Å². The Kier molecular flexibility index (Phi) is 15.3. The summed E-state index contributed by atoms with van der Waals surface area (Å²) in [5, 5.41) is 3.13. The number of carbonyl (C=O) groups is 3. The Balaban J connectivity index is 1.41. The molecule has 4 rings (SSSR count). The molecule has 49 heavy (non-hydrogen) atoms. The number of amides is 2. The van der Waals surface area contributed by atoms with Crippen LogP contribution in [0.15, 0.2) is 48.0 Å². The maximum Gasteiger partial charge on any atom is 0.224 e. The molecule has 1 fully saturated rings. The van der Waals surface area contributed by atoms with Crippen molar-refractivity contribution in [2.75, 3.05) is 19.8 Å². The highest BCUT2D eigenvalue weighted by Crippen LogP contribution is 2.36. The van der Waals surface area contributed by atoms with E-state index < -0.39 is 17.9 Å². The summed E-state index contributed by atoms with van der Waals surface area (Å²) >= 11 is 1.59. The van der Waals surface area contributed by atoms with E-state index in [1.54, 1.807) is 16.2 Å². The quantitative estimate of drug-likeness (QED) is 0.0898. The van der Waals surface area contributed by atoms with Crippen molar-refractivity contribution in [3.05, 3.63) is 70.4 Å². The lowest BCUT2D eigenvalue weighted by Crippen LogP contribution is -2.48. The first-order valence-corrected chi connectivity index (χ1v) is 18.9. The SMILES string of the molecule is CCCCCCCOCCOc1cc(-c2scnc2C)ccc1CNC(=O)C1CCCC1C(=O)C(C(C)C)N(C=O)Cc1ccccc1C. The van der Waals surface area contributed by atoms with Crippen LogP contribution in [0.5, 0.6) is 5.75 Å². The van der Waals surface area contributed by atoms with Crippen LogP contribution < -0.4 is 10.1 Å². The normalized spacial score (nSPS) is 16.4. The third kappa shape index (κ3) is 10.7. The number of hydrogen-bond donors (Lipinski definition) is 1. The minimum atomic E-state index is -0.600. The fourth-order valence-corrected chi connectivity index (χ4v) is 7.69. The van der Waals surface area contributed by atoms with Gasteiger partial charge in [0.1, 0.15) is 12.4 Å². The molecular weight excluding hydrogens is 635 g/mol. The average Bonchev–Trinajstić information content (AvgIpc) is 3.76. The summed E-state index contributed by atoms with van der Waals surface area (Å²) in [4.78, 5) is 47.3. The maximum absolute atomic E-state index is 14.1. The van der Waals surface area contributed by atoms with E-state index in [0.29, 0.717) is 38.3 Å². The van der Waals surface area contributed by atoms with Crippen LogP contribution in [0, 0.1) is 31.6 Å². The number of aryl methyl sites for hydroxylation is 2. The van der Waals surface area contributed by atoms with E-state index in [-0.39, 0.29) is 24.2 Å². The van der Waals surface area contributed by atoms with Crippen molar-refractivity contribution >= 4 is 29.4 Å². The fraction of sp³-hybridized carbons (Fsp3) is 0.550. The minimum absolute atomic E-state index is 0.0213. The van der Waals surface area contributed by atoms with Crippen LogP contribution in [-0.2, 0) is 32.2 Å². The molecule has 2 amide bonds. The number of ether oxygens (including phenoxy) is 2. The molecular formula is C40H55N3O5S. The van der Waals surface area contributed by atoms with Gasteiger partial charge in [0.05, 0.1) is 28.7 Å². The molecule has 1 aromatic heterocycles. The second-order valence-electron chi connectivity index (χ2n) is 13.6. The molecule has 1 saturated carbocycles. The largest absolute Gasteiger partial charge is 0.491 e. The summed E-state index contributed by atoms with van der Waals surface area (Å²) in [5.41, 5.74) is 6.78. The van der Waals surface area contributed by atoms with Gasteiger partial charge >= 0.3 is 0 Å². The predicted molar refractivity (Wildman–Crippen MR) is 196 cm³/mol. The van der Waals surface area contributed by atoms with Crippen molar-refractivity contribution in [3.63, 3.8) is 0 Å². The molecule has 266 valence electrons. The highest BCUT2D eigenvalue weighted by atomic mass is 32.1. The number of ketones is 1. The second-order valence-corrected chi connectivity index (χ2v) is 14.5. The fourth-order valence-electron chi connectivity index (χ4n) is 6.88. The van der Waals surface area contributed by atoms with Gasteiger partial charge in [-0.25, -0.2) is 4.98 Å². The molecule has 1 aliphatic carbocycles. The van der Waals surface area contributed by atoms with Crippen LogP contribution in [0.1, 0.15) is 94.5 Å². The summed E-state index contributed by atoms with van der Waals surface area (Å²) in [5.74, 6) is -0.403. The number of carbonyl (C=O) groups excluding carboxylic acids is 3. The van der Waals surface area contributed by atoms with Gasteiger partial charge in [-0.2, -0.15) is 0 Å². The Morgan fingerprint density at radius 2 is 1.78 bits per heavy atom. The van der Waals surface area contributed by atoms with Gasteiger partial charge in [-0.15, -0.1) is 11.3 Å². The van der Waals surface area contributed by atoms with Crippen molar-refractivity contribution in [1.82, 2.24) is 15.2 Å². The molecule has 2 aromatic carbocycles. The standard InChI is InChI=1S/C40H55N3O5S/c1-6-7-8-9-12-20-47-21-22-48-36-23-31(39-30(5)42-26-49-39)18-19-32(36)24-41-40(46)35-17-13-16-34(35)38(45)37(28(2)3)43(27-44)25-33-15-11-10-14-29(33)4/h10-11,14-15,18-19,23,26-28,34-35,37H,6-9,12-13,16-17,20-22,24-25H2,1-5H3,(H,41,46). The summed E-state index contributed by atoms with van der Waals surface area (Å²) in [6.45, 7) is 12.4. The zero-order valence-electron chi connectivity index (χ0n) is 30.0. The molecule has 8 nitrogen and oxygen atoms in total. The Labute approximate surface area is 297 Å². The topological polar surface area (TPSA) is 97.8 Å². The molecule has 1 N–H and O–H groups in total. The third-order valence-electron chi connectivity index (χ3n) is 9.65. The molecule has 0 saturated heterocycles. The summed E-state index contributed by atoms with van der Waals surface area (Å²) in [6, 6.07) is 13.4. The van der Waals surface area contributed by atoms with Crippen LogP contribution in [0.2, 0.25) is 0 Å². The van der Waals surface area contributed by atoms with Gasteiger partial charge in [-0.3, -0.25) is 14.4 Å². The second kappa shape index (κ2) is 19.6. The molecule has 0 spiro atoms. The summed E-state index contributed by atoms with van der Waals surface area (Å²) < 4.78 is 12.1. The molecule has 3 aromatic rings. The zero-order valence-corrected chi connectivity index (χ0v) is 30.9. The van der Waals surface area contributed by atoms with Crippen molar-refractivity contribution in [3.8, 4) is 16.2 Å². The Morgan fingerprint density at radius 3 is 2.49 bits per heavy atom. The van der Waals surface area contributed by atoms with E-state index in [2.05, 4.69) is 17.2 Å². The van der Waals surface area contributed by atoms with Gasteiger partial charge in [0.2, 0.25) is 12.3 Å². The molecule has 3 unspecified atom stereocenters. The van der Waals surface area contributed by atoms with Crippen molar-refractivity contribution in [2.24, 2.45) is 17.8 Å². The van der Waals surface area contributed by atoms with Gasteiger partial charge in [0.25, 0.3) is 0 Å². The Bertz CT molecular complexity index is 1500. The number of benzene rings is 2. The van der Waals surface area contributed by atoms with Gasteiger partial charge < -0.3 is 19.7 Å². The van der Waals surface area contributed by atoms with E-state index in [1.165, 1.54) is 25.7 Å². The Hall–Kier alpha value is -3.56. The van der Waals surface area contributed by atoms with Crippen molar-refractivity contribution in [1.29, 1.82) is 0 Å². The van der Waals surface area contributed by atoms with E-state index >= 15 is 0 Å². The lowest BCUT2D eigenvalue weighted by molar-refractivity contribution is -0.140. The Morgan fingerprint density at radius 1 is 1.00 bits per heavy atom. The molecule has 3 atom stereocenters. The van der Waals surface area contributed by atoms with E-state index in [1.807, 2.05) is 75.7 Å². The van der Waals surface area contributed by atoms with Crippen molar-refractivity contribution in [2.45, 2.75) is 105 Å². The minimum Gasteiger partial charge on any atom is -0.491 e. The highest BCUT2D eigenvalue weighted by molar-refractivity contribution is 7.13. The smallest absolute Gasteiger partial charge is 0.224 e. The molecule has 9 heteroatoms. The number of Topliss-reactive ketones (excluding diaryl/α,β-unsaturated/α-hetero) is 1. The van der Waals surface area contributed by atoms with E-state index in [4.69, 9.17) is 9.47 Å². The number of rotatable bonds is 21. The lowest BCUT2D eigenvalue weighted by Gasteiger charge is -2.33. The molecule has 1 aliphatic rings. The average molecular weight is 690 g/mol. The van der Waals surface area contributed by atoms with Gasteiger partial charge in [-0.1, -0.05) is 89.3 Å². The number of hydrogen-bond acceptors (Lipinski definition) is 7. The van der Waals surface area contributed by atoms with E-state index in [9.17, 15) is 14.4 Å². The number of nitrogens with one attached hydrogen (secondary N) is 1. The third-order valence-corrected chi connectivity index (χ3v) is 10.6. The summed E-state index contributed by atoms with van der Waals surface area (Å²) in [7, 11) is 0. The van der Waals surface area contributed by atoms with E-state index in [0.717, 1.165) is 58.7 Å². The molecule has 0 aliphatic heterocycles. The van der Waals surface area contributed by atoms with Crippen LogP contribution in [0.3, 0.4) is 0 Å². The molecule has 0 bridgehead atoms. The van der Waals surface area contributed by atoms with Gasteiger partial charge in [0, 0.05) is 37.1 Å². The number of aromatic nitrogens is 1. The zero-order chi connectivity index (χ0) is 35.2. The molecule has 0 radical (unpaired) electrons. The van der Waals surface area contributed by atoms with Gasteiger partial charge in [0.15, 0.2) is 5.78 Å². The van der Waals surface area contributed by atoms with Crippen LogP contribution in [0.25, 0.3) is 10.4 Å². The van der Waals surface area contributed by atoms with Crippen LogP contribution in [0.4, 0.5) is 0 Å². The number of nitrogens with zero attached hydrogens (tertiary/aromatic N) is 2. The van der Waals surface area contributed by atoms with Crippen molar-refractivity contribution < 1.29 is 23.9 Å². The predicted octanol–water partition coefficient (Wildman–Crippen LogP) is 8.08. The number of unbranched alkanes of at least 4 members (excludes halogenated alkanes) is 4. The molecule has 1 heterocycles. The summed E-state index contributed by atoms with van der Waals surface area (Å²) in [6.07, 6.45) is 8.86. The highest BCUT2D eigenvalue weighted by Gasteiger charge is 2.42. The lowest BCUT2D eigenvalue weighted by atomic mass is 9.83. The maximum atomic E-state index is 14.1. The van der Waals surface area contributed by atoms with Crippen LogP contribution in [-0.4, -0.2) is 53.8 Å². The first kappa shape index (κ1) is 38.2. The first-order chi connectivity index (χ1) is 23.7. The first-order valence-electron chi connectivity index (χ1n) is 18.1. The monoisotopic (exact) mass is 689 g/mol. The van der Waals surface area contributed by atoms with Crippen LogP contribution >= 0.6 is 11.3 Å². The number of thiazole rings is 1.